The molecule has 2 N–H and O–H groups in total. The lowest BCUT2D eigenvalue weighted by Gasteiger charge is -2.39. The lowest BCUT2D eigenvalue weighted by molar-refractivity contribution is -0.137. The van der Waals surface area contributed by atoms with Crippen LogP contribution in [0.2, 0.25) is 5.02 Å². The van der Waals surface area contributed by atoms with Crippen molar-refractivity contribution in [2.45, 2.75) is 51.0 Å². The van der Waals surface area contributed by atoms with E-state index < -0.39 is 12.1 Å². The van der Waals surface area contributed by atoms with Crippen LogP contribution < -0.4 is 4.74 Å². The van der Waals surface area contributed by atoms with Crippen molar-refractivity contribution in [3.05, 3.63) is 70.9 Å². The molecule has 1 aliphatic heterocycles. The molecule has 3 atom stereocenters. The van der Waals surface area contributed by atoms with Crippen LogP contribution in [0.25, 0.3) is 10.9 Å². The summed E-state index contributed by atoms with van der Waals surface area (Å²) in [6.45, 7) is 2.92. The Morgan fingerprint density at radius 1 is 1.19 bits per heavy atom. The predicted molar refractivity (Wildman–Crippen MR) is 147 cm³/mol. The van der Waals surface area contributed by atoms with Gasteiger partial charge in [0, 0.05) is 29.6 Å². The number of methoxy groups -OCH3 is 1. The van der Waals surface area contributed by atoms with Crippen LogP contribution >= 0.6 is 11.6 Å². The number of likely N-dealkylation sites (tertiary alicyclic amines) is 1. The summed E-state index contributed by atoms with van der Waals surface area (Å²) in [5.74, 6) is 0.720. The molecule has 4 rings (SSSR count). The van der Waals surface area contributed by atoms with Crippen molar-refractivity contribution in [3.63, 3.8) is 0 Å². The summed E-state index contributed by atoms with van der Waals surface area (Å²) < 4.78 is 5.37. The van der Waals surface area contributed by atoms with Crippen LogP contribution in [-0.2, 0) is 11.2 Å². The van der Waals surface area contributed by atoms with Gasteiger partial charge in [-0.2, -0.15) is 0 Å². The fourth-order valence-electron chi connectivity index (χ4n) is 5.67. The highest BCUT2D eigenvalue weighted by molar-refractivity contribution is 6.30. The molecule has 0 aliphatic carbocycles. The minimum absolute atomic E-state index is 0.189. The summed E-state index contributed by atoms with van der Waals surface area (Å²) in [4.78, 5) is 18.2. The van der Waals surface area contributed by atoms with Gasteiger partial charge in [-0.3, -0.25) is 9.78 Å². The molecule has 0 amide bonds. The Morgan fingerprint density at radius 3 is 2.84 bits per heavy atom. The van der Waals surface area contributed by atoms with E-state index in [9.17, 15) is 15.0 Å². The Balaban J connectivity index is 1.35. The Labute approximate surface area is 224 Å². The number of fused-ring (bicyclic) bond motifs is 1. The molecule has 0 saturated carbocycles. The Morgan fingerprint density at radius 2 is 2.05 bits per heavy atom. The van der Waals surface area contributed by atoms with Crippen molar-refractivity contribution in [1.29, 1.82) is 0 Å². The van der Waals surface area contributed by atoms with Crippen molar-refractivity contribution in [2.75, 3.05) is 26.7 Å². The number of hydrogen-bond acceptors (Lipinski definition) is 5. The van der Waals surface area contributed by atoms with E-state index in [1.165, 1.54) is 5.56 Å². The van der Waals surface area contributed by atoms with Crippen molar-refractivity contribution >= 4 is 28.5 Å². The van der Waals surface area contributed by atoms with Gasteiger partial charge in [0.1, 0.15) is 5.75 Å². The van der Waals surface area contributed by atoms with Crippen molar-refractivity contribution < 1.29 is 19.7 Å². The molecule has 1 aliphatic rings. The van der Waals surface area contributed by atoms with E-state index in [2.05, 4.69) is 16.0 Å². The van der Waals surface area contributed by atoms with Gasteiger partial charge in [-0.1, -0.05) is 23.7 Å². The van der Waals surface area contributed by atoms with Crippen LogP contribution in [-0.4, -0.2) is 52.8 Å². The Hall–Kier alpha value is -2.67. The molecule has 7 heteroatoms. The van der Waals surface area contributed by atoms with E-state index in [1.54, 1.807) is 13.3 Å². The summed E-state index contributed by atoms with van der Waals surface area (Å²) in [5, 5.41) is 22.1. The topological polar surface area (TPSA) is 82.9 Å². The van der Waals surface area contributed by atoms with Crippen LogP contribution in [0.1, 0.15) is 55.8 Å². The van der Waals surface area contributed by atoms with Crippen LogP contribution in [0.4, 0.5) is 0 Å². The molecule has 0 unspecified atom stereocenters. The largest absolute Gasteiger partial charge is 0.497 e. The van der Waals surface area contributed by atoms with Gasteiger partial charge in [-0.05, 0) is 111 Å². The lowest BCUT2D eigenvalue weighted by atomic mass is 9.79. The molecule has 1 fully saturated rings. The van der Waals surface area contributed by atoms with Gasteiger partial charge >= 0.3 is 5.97 Å². The average Bonchev–Trinajstić information content (AvgIpc) is 2.90. The number of carboxylic acids is 1. The third kappa shape index (κ3) is 7.67. The molecule has 198 valence electrons. The second-order valence-electron chi connectivity index (χ2n) is 10.2. The highest BCUT2D eigenvalue weighted by Crippen LogP contribution is 2.35. The van der Waals surface area contributed by atoms with E-state index in [-0.39, 0.29) is 6.42 Å². The van der Waals surface area contributed by atoms with Crippen LogP contribution in [0.15, 0.2) is 54.7 Å². The molecule has 37 heavy (non-hydrogen) atoms. The number of carbonyl (C=O) groups is 1. The SMILES string of the molecule is COc1ccc2nccc([C@H](O)CC[C@@H]3CCN(CCCc4cccc(Cl)c4)C[C@H]3CCC(=O)O)c2c1. The summed E-state index contributed by atoms with van der Waals surface area (Å²) >= 11 is 6.12. The maximum atomic E-state index is 11.3. The summed E-state index contributed by atoms with van der Waals surface area (Å²) in [6, 6.07) is 15.6. The number of aromatic nitrogens is 1. The van der Waals surface area contributed by atoms with Gasteiger partial charge in [-0.25, -0.2) is 0 Å². The maximum absolute atomic E-state index is 11.3. The molecule has 2 aromatic carbocycles. The summed E-state index contributed by atoms with van der Waals surface area (Å²) in [6.07, 6.45) is 6.57. The zero-order valence-corrected chi connectivity index (χ0v) is 22.2. The zero-order chi connectivity index (χ0) is 26.2. The van der Waals surface area contributed by atoms with Crippen molar-refractivity contribution in [1.82, 2.24) is 9.88 Å². The molecule has 0 spiro atoms. The first-order chi connectivity index (χ1) is 17.9. The third-order valence-corrected chi connectivity index (χ3v) is 7.92. The van der Waals surface area contributed by atoms with Gasteiger partial charge in [0.15, 0.2) is 0 Å². The van der Waals surface area contributed by atoms with E-state index in [0.717, 1.165) is 72.6 Å². The number of hydrogen-bond donors (Lipinski definition) is 2. The molecular formula is C30H37ClN2O4. The lowest BCUT2D eigenvalue weighted by Crippen LogP contribution is -2.41. The van der Waals surface area contributed by atoms with E-state index >= 15 is 0 Å². The van der Waals surface area contributed by atoms with Gasteiger partial charge in [0.2, 0.25) is 0 Å². The molecule has 0 bridgehead atoms. The van der Waals surface area contributed by atoms with Gasteiger partial charge < -0.3 is 19.8 Å². The van der Waals surface area contributed by atoms with E-state index in [0.29, 0.717) is 24.7 Å². The number of nitrogens with zero attached hydrogens (tertiary/aromatic N) is 2. The van der Waals surface area contributed by atoms with E-state index in [1.807, 2.05) is 42.5 Å². The number of ether oxygens (including phenoxy) is 1. The minimum atomic E-state index is -0.742. The smallest absolute Gasteiger partial charge is 0.303 e. The zero-order valence-electron chi connectivity index (χ0n) is 21.5. The normalized spacial score (nSPS) is 19.1. The van der Waals surface area contributed by atoms with Gasteiger partial charge in [0.25, 0.3) is 0 Å². The highest BCUT2D eigenvalue weighted by atomic mass is 35.5. The molecule has 1 saturated heterocycles. The second kappa shape index (κ2) is 13.2. The first-order valence-corrected chi connectivity index (χ1v) is 13.6. The quantitative estimate of drug-likeness (QED) is 0.296. The molecule has 6 nitrogen and oxygen atoms in total. The standard InChI is InChI=1S/C30H37ClN2O4/c1-37-25-9-10-28-27(19-25)26(13-15-32-28)29(34)11-7-22-14-17-33(20-23(22)8-12-30(35)36)16-3-5-21-4-2-6-24(31)18-21/h2,4,6,9-10,13,15,18-19,22-23,29,34H,3,5,7-8,11-12,14,16-17,20H2,1H3,(H,35,36)/t22-,23-,29-/m1/s1. The number of benzene rings is 2. The number of carboxylic acid groups (broad SMARTS) is 1. The number of piperidine rings is 1. The third-order valence-electron chi connectivity index (χ3n) is 7.69. The predicted octanol–water partition coefficient (Wildman–Crippen LogP) is 6.15. The number of aliphatic hydroxyl groups excluding tert-OH is 1. The molecule has 0 radical (unpaired) electrons. The number of rotatable bonds is 12. The first kappa shape index (κ1) is 27.4. The minimum Gasteiger partial charge on any atom is -0.497 e. The first-order valence-electron chi connectivity index (χ1n) is 13.2. The monoisotopic (exact) mass is 524 g/mol. The van der Waals surface area contributed by atoms with Crippen LogP contribution in [0.5, 0.6) is 5.75 Å². The Kier molecular flexibility index (Phi) is 9.78. The van der Waals surface area contributed by atoms with Gasteiger partial charge in [0.05, 0.1) is 18.7 Å². The van der Waals surface area contributed by atoms with Crippen LogP contribution in [0, 0.1) is 11.8 Å². The number of aliphatic carboxylic acids is 1. The highest BCUT2D eigenvalue weighted by Gasteiger charge is 2.30. The Bertz CT molecular complexity index is 1190. The fourth-order valence-corrected chi connectivity index (χ4v) is 5.88. The number of aryl methyl sites for hydroxylation is 1. The molecular weight excluding hydrogens is 488 g/mol. The summed E-state index contributed by atoms with van der Waals surface area (Å²) in [7, 11) is 1.63. The van der Waals surface area contributed by atoms with E-state index in [4.69, 9.17) is 16.3 Å². The van der Waals surface area contributed by atoms with Crippen LogP contribution in [0.3, 0.4) is 0 Å². The van der Waals surface area contributed by atoms with Crippen molar-refractivity contribution in [2.24, 2.45) is 11.8 Å². The van der Waals surface area contributed by atoms with Gasteiger partial charge in [-0.15, -0.1) is 0 Å². The number of pyridine rings is 1. The number of halogens is 1. The second-order valence-corrected chi connectivity index (χ2v) is 10.6. The molecule has 1 aromatic heterocycles. The number of aliphatic hydroxyl groups is 1. The molecule has 2 heterocycles. The average molecular weight is 525 g/mol. The van der Waals surface area contributed by atoms with Crippen molar-refractivity contribution in [3.8, 4) is 5.75 Å². The molecule has 3 aromatic rings. The fraction of sp³-hybridized carbons (Fsp3) is 0.467. The maximum Gasteiger partial charge on any atom is 0.303 e. The summed E-state index contributed by atoms with van der Waals surface area (Å²) in [5.41, 5.74) is 2.95.